The maximum Gasteiger partial charge on any atom is 0.302 e. The van der Waals surface area contributed by atoms with Gasteiger partial charge in [0.2, 0.25) is 0 Å². The summed E-state index contributed by atoms with van der Waals surface area (Å²) < 4.78 is 72.9. The molecule has 34 unspecified atom stereocenters. The van der Waals surface area contributed by atoms with E-state index in [-0.39, 0.29) is 23.7 Å². The zero-order valence-electron chi connectivity index (χ0n) is 54.2. The van der Waals surface area contributed by atoms with Crippen LogP contribution in [0.25, 0.3) is 0 Å². The molecule has 10 rings (SSSR count). The molecule has 0 aromatic carbocycles. The molecule has 4 saturated carbocycles. The number of esters is 2. The van der Waals surface area contributed by atoms with Crippen LogP contribution >= 0.6 is 0 Å². The minimum absolute atomic E-state index is 0.0161. The van der Waals surface area contributed by atoms with Crippen molar-refractivity contribution in [3.05, 3.63) is 11.6 Å². The average Bonchev–Trinajstić information content (AvgIpc) is 0.671. The SMILES string of the molecule is CC(=O)OCC1OC(OC2CC(C)(C)CC3C4=CCC5C6(C)CCC(OC7OCC(OC8OC(CO)C(O)C(O)C8O)C(O)C7OC7OC(COC8OC(CO)C(O)C(O)C8O)C(O)C(O)C7O)C(C)(C)C6CCC5(C)C4(C)CC(OC(C)=O)C23CO)C(O)C(O)C1O. The highest BCUT2D eigenvalue weighted by Crippen LogP contribution is 2.76. The van der Waals surface area contributed by atoms with Crippen LogP contribution in [0.3, 0.4) is 0 Å². The Kier molecular flexibility index (Phi) is 21.8. The van der Waals surface area contributed by atoms with E-state index in [2.05, 4.69) is 54.5 Å². The van der Waals surface area contributed by atoms with Crippen LogP contribution in [0.2, 0.25) is 0 Å². The first kappa shape index (κ1) is 73.4. The van der Waals surface area contributed by atoms with Crippen LogP contribution < -0.4 is 0 Å². The van der Waals surface area contributed by atoms with Gasteiger partial charge in [0, 0.05) is 13.8 Å². The van der Waals surface area contributed by atoms with Crippen molar-refractivity contribution in [3.8, 4) is 0 Å². The van der Waals surface area contributed by atoms with Crippen molar-refractivity contribution in [2.45, 2.75) is 279 Å². The minimum Gasteiger partial charge on any atom is -0.463 e. The van der Waals surface area contributed by atoms with E-state index in [1.807, 2.05) is 0 Å². The third-order valence-electron chi connectivity index (χ3n) is 23.9. The number of hydrogen-bond acceptors (Lipinski definition) is 30. The lowest BCUT2D eigenvalue weighted by molar-refractivity contribution is -0.385. The van der Waals surface area contributed by atoms with Gasteiger partial charge < -0.3 is 139 Å². The summed E-state index contributed by atoms with van der Waals surface area (Å²) in [5, 5.41) is 175. The second-order valence-corrected chi connectivity index (χ2v) is 30.1. The Morgan fingerprint density at radius 3 is 1.59 bits per heavy atom. The summed E-state index contributed by atoms with van der Waals surface area (Å²) in [6.07, 6.45) is -37.0. The molecular weight excluding hydrogens is 1240 g/mol. The van der Waals surface area contributed by atoms with E-state index in [0.717, 1.165) is 5.57 Å². The summed E-state index contributed by atoms with van der Waals surface area (Å²) in [7, 11) is 0. The summed E-state index contributed by atoms with van der Waals surface area (Å²) in [5.41, 5.74) is -2.84. The zero-order valence-corrected chi connectivity index (χ0v) is 54.2. The number of rotatable bonds is 17. The van der Waals surface area contributed by atoms with Gasteiger partial charge in [0.05, 0.1) is 50.7 Å². The second kappa shape index (κ2) is 27.6. The van der Waals surface area contributed by atoms with Crippen molar-refractivity contribution >= 4 is 11.9 Å². The summed E-state index contributed by atoms with van der Waals surface area (Å²) in [6.45, 7) is 14.0. The number of ether oxygens (including phenoxy) is 12. The highest BCUT2D eigenvalue weighted by Gasteiger charge is 2.73. The van der Waals surface area contributed by atoms with E-state index in [1.165, 1.54) is 13.8 Å². The number of allylic oxidation sites excluding steroid dienone is 2. The lowest BCUT2D eigenvalue weighted by Gasteiger charge is -2.72. The first-order valence-corrected chi connectivity index (χ1v) is 32.7. The predicted molar refractivity (Wildman–Crippen MR) is 311 cm³/mol. The Labute approximate surface area is 539 Å². The first-order chi connectivity index (χ1) is 43.5. The van der Waals surface area contributed by atoms with Gasteiger partial charge in [-0.3, -0.25) is 9.59 Å². The predicted octanol–water partition coefficient (Wildman–Crippen LogP) is -4.02. The molecule has 0 amide bonds. The molecule has 534 valence electrons. The number of fused-ring (bicyclic) bond motifs is 7. The Balaban J connectivity index is 0.915. The van der Waals surface area contributed by atoms with Crippen LogP contribution in [-0.4, -0.2) is 299 Å². The summed E-state index contributed by atoms with van der Waals surface area (Å²) in [6, 6.07) is 0. The van der Waals surface area contributed by atoms with Gasteiger partial charge in [0.25, 0.3) is 0 Å². The van der Waals surface area contributed by atoms with Crippen LogP contribution in [-0.2, 0) is 66.4 Å². The van der Waals surface area contributed by atoms with Gasteiger partial charge in [-0.15, -0.1) is 0 Å². The maximum absolute atomic E-state index is 13.5. The van der Waals surface area contributed by atoms with Crippen LogP contribution in [0.1, 0.15) is 114 Å². The summed E-state index contributed by atoms with van der Waals surface area (Å²) in [5.74, 6) is -1.70. The lowest BCUT2D eigenvalue weighted by atomic mass is 9.33. The second-order valence-electron chi connectivity index (χ2n) is 30.1. The number of carbonyl (C=O) groups excluding carboxylic acids is 2. The molecule has 5 saturated heterocycles. The quantitative estimate of drug-likeness (QED) is 0.0375. The fourth-order valence-electron chi connectivity index (χ4n) is 18.5. The van der Waals surface area contributed by atoms with Crippen molar-refractivity contribution in [2.24, 2.45) is 50.2 Å². The molecule has 5 aliphatic heterocycles. The molecule has 0 radical (unpaired) electrons. The molecule has 10 aliphatic rings. The monoisotopic (exact) mass is 1340 g/mol. The van der Waals surface area contributed by atoms with Crippen LogP contribution in [0.5, 0.6) is 0 Å². The Bertz CT molecular complexity index is 2610. The molecule has 30 nitrogen and oxygen atoms in total. The topological polar surface area (TPSA) is 469 Å². The van der Waals surface area contributed by atoms with E-state index in [0.29, 0.717) is 44.9 Å². The molecule has 0 spiro atoms. The lowest BCUT2D eigenvalue weighted by Crippen LogP contribution is -2.70. The highest BCUT2D eigenvalue weighted by molar-refractivity contribution is 5.66. The van der Waals surface area contributed by atoms with Crippen molar-refractivity contribution in [1.82, 2.24) is 0 Å². The van der Waals surface area contributed by atoms with E-state index >= 15 is 0 Å². The fourth-order valence-corrected chi connectivity index (χ4v) is 18.5. The molecule has 0 bridgehead atoms. The van der Waals surface area contributed by atoms with Crippen LogP contribution in [0, 0.1) is 50.2 Å². The number of aliphatic hydroxyl groups excluding tert-OH is 16. The largest absolute Gasteiger partial charge is 0.463 e. The molecule has 9 fully saturated rings. The smallest absolute Gasteiger partial charge is 0.302 e. The van der Waals surface area contributed by atoms with E-state index in [1.54, 1.807) is 0 Å². The molecule has 5 aliphatic carbocycles. The molecule has 34 atom stereocenters. The van der Waals surface area contributed by atoms with Gasteiger partial charge in [-0.25, -0.2) is 0 Å². The van der Waals surface area contributed by atoms with Gasteiger partial charge in [-0.1, -0.05) is 60.1 Å². The highest BCUT2D eigenvalue weighted by atomic mass is 16.8. The Morgan fingerprint density at radius 1 is 0.516 bits per heavy atom. The van der Waals surface area contributed by atoms with Crippen molar-refractivity contribution in [2.75, 3.05) is 39.6 Å². The molecule has 30 heteroatoms. The Morgan fingerprint density at radius 2 is 1.03 bits per heavy atom. The zero-order chi connectivity index (χ0) is 68.1. The normalized spacial score (nSPS) is 52.0. The number of hydrogen-bond donors (Lipinski definition) is 16. The molecule has 0 aromatic heterocycles. The van der Waals surface area contributed by atoms with E-state index in [4.69, 9.17) is 56.8 Å². The summed E-state index contributed by atoms with van der Waals surface area (Å²) >= 11 is 0. The van der Waals surface area contributed by atoms with Gasteiger partial charge in [0.15, 0.2) is 31.5 Å². The van der Waals surface area contributed by atoms with Gasteiger partial charge in [-0.05, 0) is 96.2 Å². The molecule has 93 heavy (non-hydrogen) atoms. The minimum atomic E-state index is -2.03. The molecule has 16 N–H and O–H groups in total. The van der Waals surface area contributed by atoms with Gasteiger partial charge in [0.1, 0.15) is 129 Å². The average molecular weight is 1340 g/mol. The first-order valence-electron chi connectivity index (χ1n) is 32.7. The fraction of sp³-hybridized carbons (Fsp3) is 0.937. The third kappa shape index (κ3) is 12.9. The van der Waals surface area contributed by atoms with Crippen molar-refractivity contribution in [1.29, 1.82) is 0 Å². The van der Waals surface area contributed by atoms with E-state index < -0.39 is 250 Å². The number of carbonyl (C=O) groups is 2. The summed E-state index contributed by atoms with van der Waals surface area (Å²) in [4.78, 5) is 25.3. The Hall–Kier alpha value is -2.36. The van der Waals surface area contributed by atoms with Crippen molar-refractivity contribution in [3.63, 3.8) is 0 Å². The number of aliphatic hydroxyl groups is 16. The van der Waals surface area contributed by atoms with Crippen LogP contribution in [0.4, 0.5) is 0 Å². The van der Waals surface area contributed by atoms with Gasteiger partial charge >= 0.3 is 11.9 Å². The molecular formula is C63H102O30. The maximum atomic E-state index is 13.5. The standard InChI is InChI=1S/C63H102O30/c1-25(67)82-21-31-41(71)46(76)50(80)55(88-31)92-37-17-58(3,4)16-28-27-10-11-35-60(7)14-13-36(59(5,6)34(60)12-15-61(35,8)62(27,9)18-38(85-26(2)68)63(28,37)24-66)91-57-52(43(73)33(23-84-57)90-54-49(79)45(75)40(70)30(20-65)87-54)93-56-51(81)47(77)42(72)32(89-56)22-83-53-48(78)44(74)39(69)29(19-64)86-53/h10,28-57,64-66,69-81H,11-24H2,1-9H3. The molecule has 0 aromatic rings. The third-order valence-corrected chi connectivity index (χ3v) is 23.9. The van der Waals surface area contributed by atoms with Crippen LogP contribution in [0.15, 0.2) is 11.6 Å². The van der Waals surface area contributed by atoms with Gasteiger partial charge in [-0.2, -0.15) is 0 Å². The molecule has 5 heterocycles. The van der Waals surface area contributed by atoms with E-state index in [9.17, 15) is 91.3 Å². The van der Waals surface area contributed by atoms with Crippen molar-refractivity contribution < 1.29 is 148 Å².